The summed E-state index contributed by atoms with van der Waals surface area (Å²) < 4.78 is 0. The van der Waals surface area contributed by atoms with Crippen LogP contribution in [-0.4, -0.2) is 28.9 Å². The summed E-state index contributed by atoms with van der Waals surface area (Å²) in [6.45, 7) is 8.33. The van der Waals surface area contributed by atoms with Crippen LogP contribution in [0.5, 0.6) is 0 Å². The Labute approximate surface area is 130 Å². The average Bonchev–Trinajstić information content (AvgIpc) is 2.40. The van der Waals surface area contributed by atoms with Crippen molar-refractivity contribution in [2.45, 2.75) is 33.6 Å². The summed E-state index contributed by atoms with van der Waals surface area (Å²) in [6, 6.07) is 1.54. The predicted octanol–water partition coefficient (Wildman–Crippen LogP) is 4.29. The first kappa shape index (κ1) is 15.6. The van der Waals surface area contributed by atoms with E-state index in [1.54, 1.807) is 6.07 Å². The maximum atomic E-state index is 12.5. The van der Waals surface area contributed by atoms with Gasteiger partial charge in [-0.05, 0) is 30.2 Å². The Balaban J connectivity index is 2.07. The zero-order valence-electron chi connectivity index (χ0n) is 12.1. The van der Waals surface area contributed by atoms with Crippen molar-refractivity contribution in [3.63, 3.8) is 0 Å². The number of halogens is 2. The molecule has 0 N–H and O–H groups in total. The molecule has 1 amide bonds. The minimum Gasteiger partial charge on any atom is -0.339 e. The number of pyridine rings is 1. The fourth-order valence-corrected chi connectivity index (χ4v) is 3.04. The fourth-order valence-electron chi connectivity index (χ4n) is 2.70. The molecule has 0 saturated carbocycles. The average molecular weight is 315 g/mol. The normalized spacial score (nSPS) is 17.4. The van der Waals surface area contributed by atoms with Gasteiger partial charge in [0.25, 0.3) is 5.91 Å². The van der Waals surface area contributed by atoms with Gasteiger partial charge in [0.2, 0.25) is 0 Å². The number of rotatable bonds is 1. The quantitative estimate of drug-likeness (QED) is 0.725. The highest BCUT2D eigenvalue weighted by Crippen LogP contribution is 2.34. The Morgan fingerprint density at radius 3 is 2.45 bits per heavy atom. The molecule has 3 nitrogen and oxygen atoms in total. The summed E-state index contributed by atoms with van der Waals surface area (Å²) in [4.78, 5) is 18.2. The number of carbonyl (C=O) groups is 1. The van der Waals surface area contributed by atoms with Crippen LogP contribution in [0.4, 0.5) is 0 Å². The minimum absolute atomic E-state index is 0.0494. The molecule has 0 atom stereocenters. The molecule has 1 fully saturated rings. The highest BCUT2D eigenvalue weighted by atomic mass is 35.5. The Hall–Kier alpha value is -0.800. The van der Waals surface area contributed by atoms with Gasteiger partial charge < -0.3 is 4.90 Å². The van der Waals surface area contributed by atoms with E-state index in [-0.39, 0.29) is 5.91 Å². The number of hydrogen-bond donors (Lipinski definition) is 0. The van der Waals surface area contributed by atoms with E-state index in [4.69, 9.17) is 23.2 Å². The molecule has 1 aliphatic rings. The van der Waals surface area contributed by atoms with Crippen molar-refractivity contribution in [3.8, 4) is 0 Å². The molecule has 0 bridgehead atoms. The lowest BCUT2D eigenvalue weighted by atomic mass is 9.75. The van der Waals surface area contributed by atoms with Crippen LogP contribution in [0, 0.1) is 11.3 Å². The molecule has 1 saturated heterocycles. The summed E-state index contributed by atoms with van der Waals surface area (Å²) in [5.41, 5.74) is 0.744. The molecule has 110 valence electrons. The SMILES string of the molecule is CC(C)(C)C1CCN(C(=O)c2cc(Cl)ncc2Cl)CC1. The first-order chi connectivity index (χ1) is 9.29. The van der Waals surface area contributed by atoms with E-state index in [9.17, 15) is 4.79 Å². The van der Waals surface area contributed by atoms with Gasteiger partial charge in [-0.25, -0.2) is 4.98 Å². The summed E-state index contributed by atoms with van der Waals surface area (Å²) in [7, 11) is 0. The van der Waals surface area contributed by atoms with Crippen LogP contribution in [0.2, 0.25) is 10.2 Å². The lowest BCUT2D eigenvalue weighted by Crippen LogP contribution is -2.41. The highest BCUT2D eigenvalue weighted by molar-refractivity contribution is 6.35. The van der Waals surface area contributed by atoms with Crippen molar-refractivity contribution in [1.29, 1.82) is 0 Å². The van der Waals surface area contributed by atoms with Crippen molar-refractivity contribution in [1.82, 2.24) is 9.88 Å². The van der Waals surface area contributed by atoms with Gasteiger partial charge in [0.1, 0.15) is 5.15 Å². The van der Waals surface area contributed by atoms with Crippen LogP contribution in [0.15, 0.2) is 12.3 Å². The Morgan fingerprint density at radius 1 is 1.30 bits per heavy atom. The molecule has 5 heteroatoms. The van der Waals surface area contributed by atoms with E-state index in [0.29, 0.717) is 27.1 Å². The molecule has 1 aromatic rings. The van der Waals surface area contributed by atoms with Crippen molar-refractivity contribution in [3.05, 3.63) is 28.0 Å². The molecule has 2 rings (SSSR count). The second kappa shape index (κ2) is 5.90. The van der Waals surface area contributed by atoms with E-state index in [2.05, 4.69) is 25.8 Å². The van der Waals surface area contributed by atoms with E-state index in [0.717, 1.165) is 25.9 Å². The van der Waals surface area contributed by atoms with Crippen LogP contribution >= 0.6 is 23.2 Å². The number of amides is 1. The Morgan fingerprint density at radius 2 is 1.90 bits per heavy atom. The van der Waals surface area contributed by atoms with E-state index in [1.807, 2.05) is 4.90 Å². The molecule has 1 aliphatic heterocycles. The van der Waals surface area contributed by atoms with Gasteiger partial charge in [-0.15, -0.1) is 0 Å². The van der Waals surface area contributed by atoms with Gasteiger partial charge in [0.05, 0.1) is 10.6 Å². The number of carbonyl (C=O) groups excluding carboxylic acids is 1. The van der Waals surface area contributed by atoms with Gasteiger partial charge in [-0.2, -0.15) is 0 Å². The van der Waals surface area contributed by atoms with Gasteiger partial charge in [-0.1, -0.05) is 44.0 Å². The topological polar surface area (TPSA) is 33.2 Å². The van der Waals surface area contributed by atoms with Gasteiger partial charge >= 0.3 is 0 Å². The summed E-state index contributed by atoms with van der Waals surface area (Å²) in [5, 5.41) is 0.652. The Kier molecular flexibility index (Phi) is 4.60. The number of likely N-dealkylation sites (tertiary alicyclic amines) is 1. The molecule has 0 radical (unpaired) electrons. The molecule has 20 heavy (non-hydrogen) atoms. The molecular formula is C15H20Cl2N2O. The molecule has 2 heterocycles. The monoisotopic (exact) mass is 314 g/mol. The number of hydrogen-bond acceptors (Lipinski definition) is 2. The smallest absolute Gasteiger partial charge is 0.255 e. The van der Waals surface area contributed by atoms with E-state index in [1.165, 1.54) is 6.20 Å². The van der Waals surface area contributed by atoms with Crippen molar-refractivity contribution in [2.75, 3.05) is 13.1 Å². The van der Waals surface area contributed by atoms with Crippen molar-refractivity contribution in [2.24, 2.45) is 11.3 Å². The second-order valence-electron chi connectivity index (χ2n) is 6.42. The van der Waals surface area contributed by atoms with Gasteiger partial charge in [0.15, 0.2) is 0 Å². The maximum Gasteiger partial charge on any atom is 0.255 e. The lowest BCUT2D eigenvalue weighted by Gasteiger charge is -2.38. The van der Waals surface area contributed by atoms with Crippen LogP contribution < -0.4 is 0 Å². The van der Waals surface area contributed by atoms with Crippen molar-refractivity contribution >= 4 is 29.1 Å². The third kappa shape index (κ3) is 3.44. The summed E-state index contributed by atoms with van der Waals surface area (Å²) >= 11 is 11.9. The van der Waals surface area contributed by atoms with E-state index >= 15 is 0 Å². The second-order valence-corrected chi connectivity index (χ2v) is 7.21. The zero-order valence-corrected chi connectivity index (χ0v) is 13.6. The molecule has 0 aliphatic carbocycles. The third-order valence-electron chi connectivity index (χ3n) is 4.06. The molecule has 1 aromatic heterocycles. The van der Waals surface area contributed by atoms with Crippen LogP contribution in [0.3, 0.4) is 0 Å². The standard InChI is InChI=1S/C15H20Cl2N2O/c1-15(2,3)10-4-6-19(7-5-10)14(20)11-8-13(17)18-9-12(11)16/h8-10H,4-7H2,1-3H3. The highest BCUT2D eigenvalue weighted by Gasteiger charge is 2.31. The molecule has 0 unspecified atom stereocenters. The van der Waals surface area contributed by atoms with Crippen LogP contribution in [0.1, 0.15) is 44.0 Å². The maximum absolute atomic E-state index is 12.5. The fraction of sp³-hybridized carbons (Fsp3) is 0.600. The Bertz CT molecular complexity index is 503. The molecular weight excluding hydrogens is 295 g/mol. The first-order valence-corrected chi connectivity index (χ1v) is 7.65. The number of nitrogens with zero attached hydrogens (tertiary/aromatic N) is 2. The predicted molar refractivity (Wildman–Crippen MR) is 82.3 cm³/mol. The largest absolute Gasteiger partial charge is 0.339 e. The first-order valence-electron chi connectivity index (χ1n) is 6.89. The lowest BCUT2D eigenvalue weighted by molar-refractivity contribution is 0.0609. The molecule has 0 aromatic carbocycles. The zero-order chi connectivity index (χ0) is 14.9. The molecule has 0 spiro atoms. The van der Waals surface area contributed by atoms with Crippen molar-refractivity contribution < 1.29 is 4.79 Å². The van der Waals surface area contributed by atoms with E-state index < -0.39 is 0 Å². The number of aromatic nitrogens is 1. The van der Waals surface area contributed by atoms with Crippen LogP contribution in [0.25, 0.3) is 0 Å². The third-order valence-corrected chi connectivity index (χ3v) is 4.57. The van der Waals surface area contributed by atoms with Crippen LogP contribution in [-0.2, 0) is 0 Å². The van der Waals surface area contributed by atoms with Gasteiger partial charge in [0, 0.05) is 19.3 Å². The summed E-state index contributed by atoms with van der Waals surface area (Å²) in [5.74, 6) is 0.606. The minimum atomic E-state index is -0.0494. The summed E-state index contributed by atoms with van der Waals surface area (Å²) in [6.07, 6.45) is 3.50. The number of piperidine rings is 1. The van der Waals surface area contributed by atoms with Gasteiger partial charge in [-0.3, -0.25) is 4.79 Å².